The second kappa shape index (κ2) is 11.6. The Balaban J connectivity index is 2.00. The minimum absolute atomic E-state index is 0.252. The van der Waals surface area contributed by atoms with Crippen LogP contribution < -0.4 is 4.90 Å². The average molecular weight is 581 g/mol. The first-order valence-corrected chi connectivity index (χ1v) is 11.1. The zero-order chi connectivity index (χ0) is 29.9. The average Bonchev–Trinajstić information content (AvgIpc) is 3.12. The minimum Gasteiger partial charge on any atom is -0.447 e. The number of carbonyl (C=O) groups excluding carboxylic acids is 2. The topological polar surface area (TPSA) is 46.6 Å². The van der Waals surface area contributed by atoms with E-state index in [-0.39, 0.29) is 4.90 Å². The number of anilines is 1. The molecule has 1 amide bonds. The van der Waals surface area contributed by atoms with Crippen molar-refractivity contribution in [3.05, 3.63) is 101 Å². The van der Waals surface area contributed by atoms with E-state index in [1.165, 1.54) is 0 Å². The molecule has 1 atom stereocenters. The number of allylic oxidation sites excluding steroid dienone is 4. The number of esters is 1. The second-order valence-corrected chi connectivity index (χ2v) is 8.33. The van der Waals surface area contributed by atoms with Crippen molar-refractivity contribution in [3.8, 4) is 0 Å². The third-order valence-corrected chi connectivity index (χ3v) is 5.44. The van der Waals surface area contributed by atoms with E-state index in [1.807, 2.05) is 0 Å². The molecule has 0 saturated carbocycles. The Morgan fingerprint density at radius 3 is 2.17 bits per heavy atom. The van der Waals surface area contributed by atoms with E-state index in [0.29, 0.717) is 24.3 Å². The number of hydrogen-bond donors (Lipinski definition) is 0. The van der Waals surface area contributed by atoms with Crippen LogP contribution in [0.15, 0.2) is 84.0 Å². The van der Waals surface area contributed by atoms with Crippen molar-refractivity contribution in [3.63, 3.8) is 0 Å². The molecule has 0 N–H and O–H groups in total. The lowest BCUT2D eigenvalue weighted by atomic mass is 10.1. The van der Waals surface area contributed by atoms with Gasteiger partial charge in [0.15, 0.2) is 0 Å². The first kappa shape index (κ1) is 30.4. The van der Waals surface area contributed by atoms with Gasteiger partial charge in [0.1, 0.15) is 5.82 Å². The molecule has 0 radical (unpaired) electrons. The molecule has 2 aromatic carbocycles. The van der Waals surface area contributed by atoms with Crippen molar-refractivity contribution in [2.24, 2.45) is 0 Å². The maximum Gasteiger partial charge on any atom is 0.427 e. The van der Waals surface area contributed by atoms with Gasteiger partial charge in [-0.15, -0.1) is 0 Å². The van der Waals surface area contributed by atoms with Crippen LogP contribution in [-0.2, 0) is 15.7 Å². The number of amides is 1. The van der Waals surface area contributed by atoms with Crippen LogP contribution in [0.1, 0.15) is 22.3 Å². The predicted octanol–water partition coefficient (Wildman–Crippen LogP) is 7.34. The summed E-state index contributed by atoms with van der Waals surface area (Å²) in [5.74, 6) is -4.26. The monoisotopic (exact) mass is 581 g/mol. The smallest absolute Gasteiger partial charge is 0.427 e. The van der Waals surface area contributed by atoms with Gasteiger partial charge in [0.25, 0.3) is 5.91 Å². The van der Waals surface area contributed by atoms with Gasteiger partial charge < -0.3 is 9.64 Å². The van der Waals surface area contributed by atoms with Gasteiger partial charge in [-0.2, -0.15) is 39.5 Å². The molecule has 14 heteroatoms. The van der Waals surface area contributed by atoms with Gasteiger partial charge in [-0.3, -0.25) is 4.79 Å². The lowest BCUT2D eigenvalue weighted by Crippen LogP contribution is -2.46. The van der Waals surface area contributed by atoms with Crippen LogP contribution in [0.2, 0.25) is 0 Å². The molecular weight excluding hydrogens is 564 g/mol. The van der Waals surface area contributed by atoms with Crippen molar-refractivity contribution < 1.29 is 58.2 Å². The van der Waals surface area contributed by atoms with Crippen LogP contribution in [0.4, 0.5) is 49.6 Å². The maximum atomic E-state index is 14.0. The number of halogens is 10. The standard InChI is InChI=1S/C26H17F10NO3/c27-19-9-4-10-20(13-19)37(22(38)15-6-3-8-18(11-15)25(31,32)33)14-21(26(34,35)36)40-23(39)16-5-1-2-7-17(12-16)24(28,29)30/h1-6,8-13,21H,7,14H2. The van der Waals surface area contributed by atoms with Crippen LogP contribution in [0.3, 0.4) is 0 Å². The predicted molar refractivity (Wildman–Crippen MR) is 121 cm³/mol. The van der Waals surface area contributed by atoms with Crippen molar-refractivity contribution in [2.45, 2.75) is 31.1 Å². The highest BCUT2D eigenvalue weighted by molar-refractivity contribution is 6.06. The maximum absolute atomic E-state index is 14.0. The molecule has 3 rings (SSSR count). The van der Waals surface area contributed by atoms with Gasteiger partial charge in [0.05, 0.1) is 17.7 Å². The second-order valence-electron chi connectivity index (χ2n) is 8.33. The summed E-state index contributed by atoms with van der Waals surface area (Å²) in [5, 5.41) is 0. The number of nitrogens with zero attached hydrogens (tertiary/aromatic N) is 1. The van der Waals surface area contributed by atoms with Crippen molar-refractivity contribution in [1.29, 1.82) is 0 Å². The van der Waals surface area contributed by atoms with Crippen LogP contribution in [0.5, 0.6) is 0 Å². The summed E-state index contributed by atoms with van der Waals surface area (Å²) in [7, 11) is 0. The molecule has 0 heterocycles. The Kier molecular flexibility index (Phi) is 8.80. The van der Waals surface area contributed by atoms with Crippen molar-refractivity contribution >= 4 is 17.6 Å². The van der Waals surface area contributed by atoms with Gasteiger partial charge in [-0.1, -0.05) is 24.3 Å². The number of benzene rings is 2. The summed E-state index contributed by atoms with van der Waals surface area (Å²) in [6.45, 7) is -1.56. The molecular formula is C26H17F10NO3. The molecule has 0 saturated heterocycles. The summed E-state index contributed by atoms with van der Waals surface area (Å²) in [4.78, 5) is 25.9. The molecule has 0 aromatic heterocycles. The number of carbonyl (C=O) groups is 2. The van der Waals surface area contributed by atoms with E-state index >= 15 is 0 Å². The summed E-state index contributed by atoms with van der Waals surface area (Å²) < 4.78 is 139. The highest BCUT2D eigenvalue weighted by Crippen LogP contribution is 2.33. The molecule has 0 spiro atoms. The van der Waals surface area contributed by atoms with Crippen LogP contribution in [0.25, 0.3) is 0 Å². The lowest BCUT2D eigenvalue weighted by molar-refractivity contribution is -0.215. The van der Waals surface area contributed by atoms with E-state index < -0.39 is 83.3 Å². The summed E-state index contributed by atoms with van der Waals surface area (Å²) in [6, 6.07) is 6.20. The molecule has 1 aliphatic rings. The van der Waals surface area contributed by atoms with Crippen molar-refractivity contribution in [1.82, 2.24) is 0 Å². The highest BCUT2D eigenvalue weighted by atomic mass is 19.4. The summed E-state index contributed by atoms with van der Waals surface area (Å²) >= 11 is 0. The Hall–Kier alpha value is -4.10. The Morgan fingerprint density at radius 2 is 1.57 bits per heavy atom. The van der Waals surface area contributed by atoms with Crippen LogP contribution in [0, 0.1) is 5.82 Å². The third-order valence-electron chi connectivity index (χ3n) is 5.44. The number of hydrogen-bond acceptors (Lipinski definition) is 3. The first-order chi connectivity index (χ1) is 18.5. The molecule has 1 aliphatic carbocycles. The molecule has 214 valence electrons. The molecule has 0 aliphatic heterocycles. The largest absolute Gasteiger partial charge is 0.447 e. The SMILES string of the molecule is O=C(OC(CN(C(=O)c1cccc(C(F)(F)F)c1)c1cccc(F)c1)C(F)(F)F)C1=CC=CCC(C(F)(F)F)=C1. The molecule has 0 fully saturated rings. The molecule has 40 heavy (non-hydrogen) atoms. The first-order valence-electron chi connectivity index (χ1n) is 11.1. The fraction of sp³-hybridized carbons (Fsp3) is 0.231. The van der Waals surface area contributed by atoms with E-state index in [1.54, 1.807) is 0 Å². The van der Waals surface area contributed by atoms with E-state index in [9.17, 15) is 53.5 Å². The molecule has 4 nitrogen and oxygen atoms in total. The van der Waals surface area contributed by atoms with Gasteiger partial charge in [-0.05, 0) is 55.0 Å². The van der Waals surface area contributed by atoms with E-state index in [0.717, 1.165) is 48.6 Å². The Morgan fingerprint density at radius 1 is 0.900 bits per heavy atom. The van der Waals surface area contributed by atoms with Crippen LogP contribution in [-0.4, -0.2) is 36.9 Å². The normalized spacial score (nSPS) is 15.1. The van der Waals surface area contributed by atoms with Crippen molar-refractivity contribution in [2.75, 3.05) is 11.4 Å². The third kappa shape index (κ3) is 7.73. The lowest BCUT2D eigenvalue weighted by Gasteiger charge is -2.29. The molecule has 0 bridgehead atoms. The molecule has 1 unspecified atom stereocenters. The fourth-order valence-electron chi connectivity index (χ4n) is 3.49. The van der Waals surface area contributed by atoms with Gasteiger partial charge >= 0.3 is 24.5 Å². The highest BCUT2D eigenvalue weighted by Gasteiger charge is 2.45. The number of rotatable bonds is 6. The zero-order valence-corrected chi connectivity index (χ0v) is 19.9. The van der Waals surface area contributed by atoms with Gasteiger partial charge in [-0.25, -0.2) is 9.18 Å². The van der Waals surface area contributed by atoms with Gasteiger partial charge in [0.2, 0.25) is 6.10 Å². The number of alkyl halides is 9. The van der Waals surface area contributed by atoms with Crippen LogP contribution >= 0.6 is 0 Å². The quantitative estimate of drug-likeness (QED) is 0.265. The van der Waals surface area contributed by atoms with E-state index in [4.69, 9.17) is 0 Å². The minimum atomic E-state index is -5.41. The Bertz CT molecular complexity index is 1350. The fourth-order valence-corrected chi connectivity index (χ4v) is 3.49. The zero-order valence-electron chi connectivity index (χ0n) is 19.9. The summed E-state index contributed by atoms with van der Waals surface area (Å²) in [6.07, 6.45) is -15.9. The summed E-state index contributed by atoms with van der Waals surface area (Å²) in [5.41, 5.74) is -4.66. The molecule has 2 aromatic rings. The Labute approximate surface area is 219 Å². The number of ether oxygens (including phenoxy) is 1. The van der Waals surface area contributed by atoms with E-state index in [2.05, 4.69) is 4.74 Å². The van der Waals surface area contributed by atoms with Gasteiger partial charge in [0, 0.05) is 16.8 Å².